The number of hydrogen-bond acceptors (Lipinski definition) is 1. The highest BCUT2D eigenvalue weighted by Gasteiger charge is 2.30. The summed E-state index contributed by atoms with van der Waals surface area (Å²) >= 11 is 0. The molecule has 8 rings (SSSR count). The highest BCUT2D eigenvalue weighted by atomic mass is 16.3. The molecule has 0 heterocycles. The molecule has 0 unspecified atom stereocenters. The van der Waals surface area contributed by atoms with E-state index >= 15 is 0 Å². The summed E-state index contributed by atoms with van der Waals surface area (Å²) in [5, 5.41) is 16.1. The van der Waals surface area contributed by atoms with Gasteiger partial charge in [-0.1, -0.05) is 133 Å². The van der Waals surface area contributed by atoms with Crippen molar-refractivity contribution in [3.63, 3.8) is 0 Å². The van der Waals surface area contributed by atoms with Crippen molar-refractivity contribution in [2.45, 2.75) is 19.4 Å². The van der Waals surface area contributed by atoms with Gasteiger partial charge in [0.25, 0.3) is 0 Å². The van der Waals surface area contributed by atoms with E-state index in [0.29, 0.717) is 0 Å². The van der Waals surface area contributed by atoms with Gasteiger partial charge in [-0.25, -0.2) is 0 Å². The van der Waals surface area contributed by atoms with Crippen LogP contribution < -0.4 is 0 Å². The normalized spacial score (nSPS) is 12.2. The fourth-order valence-electron chi connectivity index (χ4n) is 7.03. The van der Waals surface area contributed by atoms with Crippen LogP contribution in [0.1, 0.15) is 19.4 Å². The third kappa shape index (κ3) is 3.67. The van der Waals surface area contributed by atoms with Crippen LogP contribution in [0.3, 0.4) is 0 Å². The molecule has 0 atom stereocenters. The van der Waals surface area contributed by atoms with E-state index in [2.05, 4.69) is 127 Å². The molecule has 1 aliphatic carbocycles. The van der Waals surface area contributed by atoms with Gasteiger partial charge in [-0.2, -0.15) is 0 Å². The molecule has 1 nitrogen and oxygen atoms in total. The predicted molar refractivity (Wildman–Crippen MR) is 177 cm³/mol. The summed E-state index contributed by atoms with van der Waals surface area (Å²) in [4.78, 5) is 0. The summed E-state index contributed by atoms with van der Waals surface area (Å²) in [5.41, 5.74) is 12.3. The van der Waals surface area contributed by atoms with Gasteiger partial charge in [0.05, 0.1) is 5.60 Å². The van der Waals surface area contributed by atoms with Crippen molar-refractivity contribution < 1.29 is 5.11 Å². The Balaban J connectivity index is 1.58. The molecule has 7 aromatic rings. The largest absolute Gasteiger partial charge is 0.386 e. The standard InChI is InChI=1S/C41H30O/c1-41(2,42)35-22-10-9-19-30(35)29-23-24-31-34(25-29)38(28-15-7-4-8-16-28)40-33-21-12-18-26-17-11-20-32(36(26)33)39(40)37(31)27-13-5-3-6-14-27/h3-25,42H,1-2H3. The maximum atomic E-state index is 11.1. The smallest absolute Gasteiger partial charge is 0.0846 e. The molecule has 0 saturated heterocycles. The minimum absolute atomic E-state index is 0.923. The summed E-state index contributed by atoms with van der Waals surface area (Å²) in [6.07, 6.45) is 0. The average Bonchev–Trinajstić information content (AvgIpc) is 3.35. The second kappa shape index (κ2) is 9.27. The molecule has 1 N–H and O–H groups in total. The van der Waals surface area contributed by atoms with Crippen molar-refractivity contribution in [1.29, 1.82) is 0 Å². The molecule has 42 heavy (non-hydrogen) atoms. The minimum atomic E-state index is -0.960. The lowest BCUT2D eigenvalue weighted by Gasteiger charge is -2.23. The van der Waals surface area contributed by atoms with E-state index < -0.39 is 5.60 Å². The van der Waals surface area contributed by atoms with Crippen molar-refractivity contribution >= 4 is 21.5 Å². The maximum absolute atomic E-state index is 11.1. The average molecular weight is 539 g/mol. The summed E-state index contributed by atoms with van der Waals surface area (Å²) in [6, 6.07) is 50.1. The van der Waals surface area contributed by atoms with Gasteiger partial charge in [0.2, 0.25) is 0 Å². The van der Waals surface area contributed by atoms with Crippen LogP contribution in [0.25, 0.3) is 77.2 Å². The Morgan fingerprint density at radius 1 is 0.429 bits per heavy atom. The van der Waals surface area contributed by atoms with Crippen LogP contribution in [-0.4, -0.2) is 5.11 Å². The first-order valence-corrected chi connectivity index (χ1v) is 14.6. The molecule has 0 radical (unpaired) electrons. The first-order valence-electron chi connectivity index (χ1n) is 14.6. The third-order valence-electron chi connectivity index (χ3n) is 8.77. The van der Waals surface area contributed by atoms with Crippen LogP contribution in [0.4, 0.5) is 0 Å². The van der Waals surface area contributed by atoms with Gasteiger partial charge in [0.15, 0.2) is 0 Å². The summed E-state index contributed by atoms with van der Waals surface area (Å²) in [7, 11) is 0. The number of aliphatic hydroxyl groups is 1. The van der Waals surface area contributed by atoms with Crippen LogP contribution in [0.5, 0.6) is 0 Å². The van der Waals surface area contributed by atoms with Crippen molar-refractivity contribution in [1.82, 2.24) is 0 Å². The fourth-order valence-corrected chi connectivity index (χ4v) is 7.03. The number of fused-ring (bicyclic) bond motifs is 4. The molecule has 0 aromatic heterocycles. The SMILES string of the molecule is CC(C)(O)c1ccccc1-c1ccc2c(-c3ccccc3)c3c(c(-c4ccccc4)c2c1)-c1cccc2cccc-3c12. The Bertz CT molecular complexity index is 2140. The van der Waals surface area contributed by atoms with Gasteiger partial charge in [0.1, 0.15) is 0 Å². The van der Waals surface area contributed by atoms with E-state index in [9.17, 15) is 5.11 Å². The fraction of sp³-hybridized carbons (Fsp3) is 0.0732. The molecule has 0 fully saturated rings. The molecule has 1 aliphatic rings. The first-order chi connectivity index (χ1) is 20.5. The maximum Gasteiger partial charge on any atom is 0.0846 e. The topological polar surface area (TPSA) is 20.2 Å². The van der Waals surface area contributed by atoms with E-state index in [1.807, 2.05) is 26.0 Å². The summed E-state index contributed by atoms with van der Waals surface area (Å²) in [5.74, 6) is 0. The highest BCUT2D eigenvalue weighted by Crippen LogP contribution is 2.57. The molecular formula is C41H30O. The van der Waals surface area contributed by atoms with Gasteiger partial charge in [0, 0.05) is 0 Å². The molecule has 1 heteroatoms. The lowest BCUT2D eigenvalue weighted by Crippen LogP contribution is -2.16. The minimum Gasteiger partial charge on any atom is -0.386 e. The molecule has 200 valence electrons. The molecule has 0 saturated carbocycles. The Morgan fingerprint density at radius 2 is 0.952 bits per heavy atom. The molecular weight excluding hydrogens is 508 g/mol. The Morgan fingerprint density at radius 3 is 1.55 bits per heavy atom. The second-order valence-electron chi connectivity index (χ2n) is 11.8. The van der Waals surface area contributed by atoms with Crippen LogP contribution in [0.15, 0.2) is 140 Å². The molecule has 0 bridgehead atoms. The Kier molecular flexibility index (Phi) is 5.47. The van der Waals surface area contributed by atoms with E-state index in [4.69, 9.17) is 0 Å². The summed E-state index contributed by atoms with van der Waals surface area (Å²) in [6.45, 7) is 3.72. The van der Waals surface area contributed by atoms with Gasteiger partial charge < -0.3 is 5.11 Å². The van der Waals surface area contributed by atoms with Gasteiger partial charge in [-0.3, -0.25) is 0 Å². The zero-order valence-electron chi connectivity index (χ0n) is 23.7. The molecule has 0 spiro atoms. The van der Waals surface area contributed by atoms with Gasteiger partial charge in [-0.15, -0.1) is 0 Å². The first kappa shape index (κ1) is 24.8. The predicted octanol–water partition coefficient (Wildman–Crippen LogP) is 10.9. The number of rotatable bonds is 4. The van der Waals surface area contributed by atoms with E-state index in [-0.39, 0.29) is 0 Å². The number of hydrogen-bond donors (Lipinski definition) is 1. The van der Waals surface area contributed by atoms with Crippen molar-refractivity contribution in [2.24, 2.45) is 0 Å². The third-order valence-corrected chi connectivity index (χ3v) is 8.77. The van der Waals surface area contributed by atoms with Crippen LogP contribution >= 0.6 is 0 Å². The lowest BCUT2D eigenvalue weighted by atomic mass is 9.81. The molecule has 0 aliphatic heterocycles. The summed E-state index contributed by atoms with van der Waals surface area (Å²) < 4.78 is 0. The zero-order chi connectivity index (χ0) is 28.4. The van der Waals surface area contributed by atoms with Gasteiger partial charge >= 0.3 is 0 Å². The molecule has 7 aromatic carbocycles. The van der Waals surface area contributed by atoms with Crippen molar-refractivity contribution in [3.8, 4) is 55.6 Å². The van der Waals surface area contributed by atoms with E-state index in [1.54, 1.807) is 0 Å². The van der Waals surface area contributed by atoms with Crippen LogP contribution in [-0.2, 0) is 5.60 Å². The van der Waals surface area contributed by atoms with Crippen LogP contribution in [0.2, 0.25) is 0 Å². The van der Waals surface area contributed by atoms with Crippen molar-refractivity contribution in [3.05, 3.63) is 145 Å². The van der Waals surface area contributed by atoms with Gasteiger partial charge in [-0.05, 0) is 103 Å². The lowest BCUT2D eigenvalue weighted by molar-refractivity contribution is 0.0792. The second-order valence-corrected chi connectivity index (χ2v) is 11.8. The monoisotopic (exact) mass is 538 g/mol. The zero-order valence-corrected chi connectivity index (χ0v) is 23.7. The van der Waals surface area contributed by atoms with Crippen LogP contribution in [0, 0.1) is 0 Å². The Labute approximate surface area is 246 Å². The van der Waals surface area contributed by atoms with Crippen molar-refractivity contribution in [2.75, 3.05) is 0 Å². The molecule has 0 amide bonds. The highest BCUT2D eigenvalue weighted by molar-refractivity contribution is 6.27. The number of benzene rings is 7. The van der Waals surface area contributed by atoms with E-state index in [1.165, 1.54) is 66.1 Å². The quantitative estimate of drug-likeness (QED) is 0.236. The Hall–Kier alpha value is -4.98. The van der Waals surface area contributed by atoms with E-state index in [0.717, 1.165) is 16.7 Å².